The number of esters is 2. The number of rotatable bonds is 24. The number of methoxy groups -OCH3 is 2. The molecule has 17 nitrogen and oxygen atoms in total. The molecule has 1 heterocycles. The maximum absolute atomic E-state index is 14.7. The fourth-order valence-corrected chi connectivity index (χ4v) is 8.11. The Morgan fingerprint density at radius 2 is 1.42 bits per heavy atom. The van der Waals surface area contributed by atoms with Gasteiger partial charge in [0.25, 0.3) is 0 Å². The molecule has 5 unspecified atom stereocenters. The molecule has 0 aromatic heterocycles. The maximum atomic E-state index is 14.7. The molecule has 1 aliphatic rings. The van der Waals surface area contributed by atoms with Gasteiger partial charge in [-0.05, 0) is 62.3 Å². The lowest BCUT2D eigenvalue weighted by Gasteiger charge is -2.32. The third-order valence-corrected chi connectivity index (χ3v) is 11.8. The van der Waals surface area contributed by atoms with E-state index in [9.17, 15) is 38.1 Å². The van der Waals surface area contributed by atoms with Gasteiger partial charge in [0.15, 0.2) is 5.78 Å². The molecule has 1 saturated heterocycles. The van der Waals surface area contributed by atoms with Gasteiger partial charge in [0.05, 0.1) is 20.6 Å². The van der Waals surface area contributed by atoms with Crippen LogP contribution in [-0.2, 0) is 47.6 Å². The summed E-state index contributed by atoms with van der Waals surface area (Å²) in [4.78, 5) is 92.6. The van der Waals surface area contributed by atoms with E-state index in [1.807, 2.05) is 6.92 Å². The van der Waals surface area contributed by atoms with E-state index in [0.717, 1.165) is 7.11 Å². The highest BCUT2D eigenvalue weighted by atomic mass is 31.2. The number of hydrogen-bond acceptors (Lipinski definition) is 12. The second-order valence-corrected chi connectivity index (χ2v) is 16.3. The average molecular weight is 844 g/mol. The van der Waals surface area contributed by atoms with Gasteiger partial charge in [-0.3, -0.25) is 33.6 Å². The molecular weight excluding hydrogens is 785 g/mol. The number of likely N-dealkylation sites (tertiary alicyclic amines) is 1. The van der Waals surface area contributed by atoms with E-state index in [-0.39, 0.29) is 61.5 Å². The van der Waals surface area contributed by atoms with Crippen molar-refractivity contribution in [2.24, 2.45) is 5.92 Å². The standard InChI is InChI=1S/C41H58N5O12P/c1-6-28(2)38(44-34(48)22-14-9-15-25-42-29(3)47)40(52)43-32(23-24-36(49)55-4)41(53)46-26-16-21-33(46)39(51)45-35(27-37(50)56-5)59(54,57-30-17-10-7-11-18-30)58-31-19-12-8-13-20-31/h7-8,10-13,17-20,28,32-33,35,38H,6,9,14-16,21-27H2,1-5H3,(H,42,47)(H,43,52)(H,44,48)(H,45,51). The summed E-state index contributed by atoms with van der Waals surface area (Å²) in [6.07, 6.45) is 2.11. The molecule has 1 fully saturated rings. The number of para-hydroxylation sites is 2. The van der Waals surface area contributed by atoms with E-state index < -0.39 is 67.6 Å². The van der Waals surface area contributed by atoms with Gasteiger partial charge in [-0.2, -0.15) is 0 Å². The third-order valence-electron chi connectivity index (χ3n) is 9.81. The highest BCUT2D eigenvalue weighted by molar-refractivity contribution is 7.55. The van der Waals surface area contributed by atoms with Crippen LogP contribution in [0.1, 0.15) is 85.0 Å². The summed E-state index contributed by atoms with van der Waals surface area (Å²) in [6, 6.07) is 12.7. The molecule has 0 spiro atoms. The van der Waals surface area contributed by atoms with E-state index in [4.69, 9.17) is 18.5 Å². The molecule has 0 aliphatic carbocycles. The number of benzene rings is 2. The van der Waals surface area contributed by atoms with Gasteiger partial charge in [0, 0.05) is 32.9 Å². The number of unbranched alkanes of at least 4 members (excludes halogenated alkanes) is 2. The minimum absolute atomic E-state index is 0.106. The Morgan fingerprint density at radius 1 is 0.814 bits per heavy atom. The Balaban J connectivity index is 1.85. The first-order valence-electron chi connectivity index (χ1n) is 19.9. The van der Waals surface area contributed by atoms with Gasteiger partial charge in [-0.15, -0.1) is 0 Å². The SMILES string of the molecule is CCC(C)C(NC(=O)CCCCCNC(C)=O)C(=O)NC(CCC(=O)OC)C(=O)N1CCCC1C(=O)NC(CC(=O)OC)P(=O)(Oc1ccccc1)Oc1ccccc1. The summed E-state index contributed by atoms with van der Waals surface area (Å²) < 4.78 is 36.2. The number of nitrogens with zero attached hydrogens (tertiary/aromatic N) is 1. The molecule has 4 N–H and O–H groups in total. The summed E-state index contributed by atoms with van der Waals surface area (Å²) in [5.74, 6) is -5.64. The van der Waals surface area contributed by atoms with Crippen molar-refractivity contribution in [2.75, 3.05) is 27.3 Å². The quantitative estimate of drug-likeness (QED) is 0.0669. The van der Waals surface area contributed by atoms with Crippen molar-refractivity contribution in [3.8, 4) is 11.5 Å². The normalized spacial score (nSPS) is 15.7. The predicted octanol–water partition coefficient (Wildman–Crippen LogP) is 4.00. The van der Waals surface area contributed by atoms with Crippen LogP contribution >= 0.6 is 7.60 Å². The predicted molar refractivity (Wildman–Crippen MR) is 217 cm³/mol. The van der Waals surface area contributed by atoms with E-state index in [2.05, 4.69) is 21.3 Å². The molecule has 324 valence electrons. The van der Waals surface area contributed by atoms with E-state index in [0.29, 0.717) is 38.6 Å². The zero-order valence-corrected chi connectivity index (χ0v) is 35.3. The van der Waals surface area contributed by atoms with E-state index >= 15 is 0 Å². The number of carbonyl (C=O) groups excluding carboxylic acids is 7. The third kappa shape index (κ3) is 15.7. The molecule has 0 radical (unpaired) electrons. The van der Waals surface area contributed by atoms with Gasteiger partial charge in [0.1, 0.15) is 29.6 Å². The van der Waals surface area contributed by atoms with Crippen LogP contribution in [0, 0.1) is 5.92 Å². The van der Waals surface area contributed by atoms with Crippen LogP contribution in [0.4, 0.5) is 0 Å². The summed E-state index contributed by atoms with van der Waals surface area (Å²) in [6.45, 7) is 5.68. The van der Waals surface area contributed by atoms with Crippen molar-refractivity contribution in [2.45, 2.75) is 109 Å². The maximum Gasteiger partial charge on any atom is 0.453 e. The molecule has 18 heteroatoms. The summed E-state index contributed by atoms with van der Waals surface area (Å²) in [5, 5.41) is 10.9. The number of hydrogen-bond donors (Lipinski definition) is 4. The number of ether oxygens (including phenoxy) is 2. The molecule has 5 amide bonds. The second kappa shape index (κ2) is 24.5. The average Bonchev–Trinajstić information content (AvgIpc) is 3.72. The molecule has 3 rings (SSSR count). The van der Waals surface area contributed by atoms with Crippen LogP contribution in [0.3, 0.4) is 0 Å². The highest BCUT2D eigenvalue weighted by Gasteiger charge is 2.46. The minimum atomic E-state index is -4.49. The highest BCUT2D eigenvalue weighted by Crippen LogP contribution is 2.53. The summed E-state index contributed by atoms with van der Waals surface area (Å²) >= 11 is 0. The van der Waals surface area contributed by atoms with E-state index in [1.165, 1.54) is 43.2 Å². The lowest BCUT2D eigenvalue weighted by Crippen LogP contribution is -2.58. The van der Waals surface area contributed by atoms with Crippen molar-refractivity contribution in [3.63, 3.8) is 0 Å². The fourth-order valence-electron chi connectivity index (χ4n) is 6.33. The van der Waals surface area contributed by atoms with Crippen LogP contribution in [0.2, 0.25) is 0 Å². The Kier molecular flexibility index (Phi) is 19.9. The smallest absolute Gasteiger partial charge is 0.453 e. The molecule has 1 aliphatic heterocycles. The summed E-state index contributed by atoms with van der Waals surface area (Å²) in [7, 11) is -2.16. The monoisotopic (exact) mass is 843 g/mol. The molecule has 2 aromatic rings. The number of nitrogens with one attached hydrogen (secondary N) is 4. The number of amides is 5. The zero-order chi connectivity index (χ0) is 43.4. The van der Waals surface area contributed by atoms with Crippen molar-refractivity contribution in [3.05, 3.63) is 60.7 Å². The molecule has 5 atom stereocenters. The van der Waals surface area contributed by atoms with Crippen molar-refractivity contribution in [1.29, 1.82) is 0 Å². The molecule has 59 heavy (non-hydrogen) atoms. The molecule has 2 aromatic carbocycles. The topological polar surface area (TPSA) is 225 Å². The van der Waals surface area contributed by atoms with Gasteiger partial charge >= 0.3 is 19.5 Å². The molecule has 0 bridgehead atoms. The van der Waals surface area contributed by atoms with Crippen LogP contribution < -0.4 is 30.3 Å². The zero-order valence-electron chi connectivity index (χ0n) is 34.4. The summed E-state index contributed by atoms with van der Waals surface area (Å²) in [5.41, 5.74) is 0. The van der Waals surface area contributed by atoms with Crippen LogP contribution in [0.5, 0.6) is 11.5 Å². The first kappa shape index (κ1) is 47.9. The van der Waals surface area contributed by atoms with Crippen LogP contribution in [-0.4, -0.2) is 97.6 Å². The van der Waals surface area contributed by atoms with Crippen LogP contribution in [0.25, 0.3) is 0 Å². The fraction of sp³-hybridized carbons (Fsp3) is 0.537. The van der Waals surface area contributed by atoms with Crippen molar-refractivity contribution >= 4 is 49.1 Å². The Bertz CT molecular complexity index is 1720. The molecular formula is C41H58N5O12P. The van der Waals surface area contributed by atoms with Gasteiger partial charge in [-0.1, -0.05) is 63.1 Å². The van der Waals surface area contributed by atoms with Crippen molar-refractivity contribution in [1.82, 2.24) is 26.2 Å². The minimum Gasteiger partial charge on any atom is -0.469 e. The first-order chi connectivity index (χ1) is 28.2. The van der Waals surface area contributed by atoms with E-state index in [1.54, 1.807) is 43.3 Å². The first-order valence-corrected chi connectivity index (χ1v) is 21.5. The van der Waals surface area contributed by atoms with Gasteiger partial charge in [-0.25, -0.2) is 4.57 Å². The van der Waals surface area contributed by atoms with Crippen molar-refractivity contribution < 1.29 is 56.6 Å². The van der Waals surface area contributed by atoms with Crippen LogP contribution in [0.15, 0.2) is 60.7 Å². The Labute approximate surface area is 345 Å². The Morgan fingerprint density at radius 3 is 1.98 bits per heavy atom. The number of carbonyl (C=O) groups is 7. The largest absolute Gasteiger partial charge is 0.469 e. The van der Waals surface area contributed by atoms with Gasteiger partial charge < -0.3 is 44.7 Å². The second-order valence-electron chi connectivity index (χ2n) is 14.2. The lowest BCUT2D eigenvalue weighted by atomic mass is 9.97. The Hall–Kier alpha value is -5.44. The molecule has 0 saturated carbocycles. The van der Waals surface area contributed by atoms with Gasteiger partial charge in [0.2, 0.25) is 29.5 Å². The lowest BCUT2D eigenvalue weighted by molar-refractivity contribution is -0.145.